The van der Waals surface area contributed by atoms with Crippen LogP contribution in [0.3, 0.4) is 0 Å². The lowest BCUT2D eigenvalue weighted by Gasteiger charge is -2.14. The van der Waals surface area contributed by atoms with Gasteiger partial charge in [0.05, 0.1) is 0 Å². The second-order valence-electron chi connectivity index (χ2n) is 4.40. The molecule has 22 heavy (non-hydrogen) atoms. The number of fused-ring (bicyclic) bond motifs is 1. The summed E-state index contributed by atoms with van der Waals surface area (Å²) in [6.45, 7) is 0. The van der Waals surface area contributed by atoms with E-state index in [0.717, 1.165) is 16.5 Å². The zero-order valence-corrected chi connectivity index (χ0v) is 12.1. The first-order chi connectivity index (χ1) is 10.0. The van der Waals surface area contributed by atoms with Crippen molar-refractivity contribution in [1.82, 2.24) is 9.38 Å². The largest absolute Gasteiger partial charge is 0.534 e. The molecule has 2 aromatic rings. The first-order valence-electron chi connectivity index (χ1n) is 5.73. The highest BCUT2D eigenvalue weighted by molar-refractivity contribution is 7.88. The average molecular weight is 337 g/mol. The summed E-state index contributed by atoms with van der Waals surface area (Å²) in [5.74, 6) is -0.550. The quantitative estimate of drug-likeness (QED) is 0.614. The van der Waals surface area contributed by atoms with Gasteiger partial charge in [-0.2, -0.15) is 21.6 Å². The fourth-order valence-electron chi connectivity index (χ4n) is 1.55. The first-order valence-corrected chi connectivity index (χ1v) is 7.14. The van der Waals surface area contributed by atoms with Crippen LogP contribution in [0.15, 0.2) is 29.2 Å². The second kappa shape index (κ2) is 5.16. The fraction of sp³-hybridized carbons (Fsp3) is 0.273. The molecule has 2 aromatic heterocycles. The Balaban J connectivity index is 2.68. The van der Waals surface area contributed by atoms with Crippen molar-refractivity contribution in [1.29, 1.82) is 0 Å². The maximum absolute atomic E-state index is 12.4. The Morgan fingerprint density at radius 2 is 1.95 bits per heavy atom. The normalized spacial score (nSPS) is 12.4. The van der Waals surface area contributed by atoms with E-state index in [9.17, 15) is 26.4 Å². The third-order valence-electron chi connectivity index (χ3n) is 2.58. The summed E-state index contributed by atoms with van der Waals surface area (Å²) in [6, 6.07) is 3.30. The number of alkyl halides is 3. The van der Waals surface area contributed by atoms with Crippen molar-refractivity contribution in [3.05, 3.63) is 34.7 Å². The van der Waals surface area contributed by atoms with Crippen LogP contribution < -0.4 is 14.6 Å². The minimum Gasteiger partial charge on any atom is -0.372 e. The third-order valence-corrected chi connectivity index (χ3v) is 3.55. The van der Waals surface area contributed by atoms with Gasteiger partial charge in [0.2, 0.25) is 0 Å². The molecule has 0 bridgehead atoms. The lowest BCUT2D eigenvalue weighted by Crippen LogP contribution is -2.28. The van der Waals surface area contributed by atoms with Gasteiger partial charge >= 0.3 is 15.6 Å². The van der Waals surface area contributed by atoms with Crippen LogP contribution in [0.5, 0.6) is 5.75 Å². The van der Waals surface area contributed by atoms with Crippen LogP contribution in [0, 0.1) is 0 Å². The molecule has 0 amide bonds. The smallest absolute Gasteiger partial charge is 0.372 e. The van der Waals surface area contributed by atoms with E-state index >= 15 is 0 Å². The van der Waals surface area contributed by atoms with Crippen LogP contribution in [0.4, 0.5) is 19.0 Å². The summed E-state index contributed by atoms with van der Waals surface area (Å²) in [5.41, 5.74) is -6.52. The van der Waals surface area contributed by atoms with Crippen molar-refractivity contribution in [2.75, 3.05) is 19.0 Å². The van der Waals surface area contributed by atoms with Gasteiger partial charge in [-0.3, -0.25) is 9.20 Å². The van der Waals surface area contributed by atoms with Crippen molar-refractivity contribution >= 4 is 21.6 Å². The molecular formula is C11H10F3N3O4S. The maximum atomic E-state index is 12.4. The summed E-state index contributed by atoms with van der Waals surface area (Å²) < 4.78 is 64.3. The standard InChI is InChI=1S/C11H10F3N3O4S/c1-16(2)8-6-9(18)17-5-3-4-7(10(17)15-8)21-22(19,20)11(12,13)14/h3-6H,1-2H3. The van der Waals surface area contributed by atoms with E-state index in [0.29, 0.717) is 0 Å². The number of pyridine rings is 1. The lowest BCUT2D eigenvalue weighted by molar-refractivity contribution is -0.0499. The van der Waals surface area contributed by atoms with Gasteiger partial charge < -0.3 is 9.08 Å². The monoisotopic (exact) mass is 337 g/mol. The zero-order chi connectivity index (χ0) is 16.7. The highest BCUT2D eigenvalue weighted by atomic mass is 32.2. The van der Waals surface area contributed by atoms with Crippen LogP contribution in [0.1, 0.15) is 0 Å². The molecule has 0 saturated heterocycles. The van der Waals surface area contributed by atoms with E-state index < -0.39 is 26.9 Å². The third kappa shape index (κ3) is 2.84. The lowest BCUT2D eigenvalue weighted by atomic mass is 10.4. The van der Waals surface area contributed by atoms with Crippen molar-refractivity contribution in [3.8, 4) is 5.75 Å². The second-order valence-corrected chi connectivity index (χ2v) is 5.93. The molecule has 0 aliphatic rings. The van der Waals surface area contributed by atoms with E-state index in [-0.39, 0.29) is 11.5 Å². The van der Waals surface area contributed by atoms with Gasteiger partial charge in [0.25, 0.3) is 5.56 Å². The average Bonchev–Trinajstić information content (AvgIpc) is 2.37. The molecule has 0 aliphatic heterocycles. The molecule has 0 fully saturated rings. The Kier molecular flexibility index (Phi) is 3.77. The van der Waals surface area contributed by atoms with Crippen molar-refractivity contribution in [2.45, 2.75) is 5.51 Å². The Bertz CT molecular complexity index is 874. The predicted octanol–water partition coefficient (Wildman–Crippen LogP) is 0.989. The molecule has 2 rings (SSSR count). The summed E-state index contributed by atoms with van der Waals surface area (Å²) in [7, 11) is -2.73. The molecule has 0 unspecified atom stereocenters. The van der Waals surface area contributed by atoms with Gasteiger partial charge in [0.1, 0.15) is 5.82 Å². The Hall–Kier alpha value is -2.30. The number of hydrogen-bond donors (Lipinski definition) is 0. The molecule has 0 spiro atoms. The van der Waals surface area contributed by atoms with Gasteiger partial charge in [0, 0.05) is 26.4 Å². The van der Waals surface area contributed by atoms with E-state index in [1.807, 2.05) is 0 Å². The molecule has 0 aromatic carbocycles. The van der Waals surface area contributed by atoms with Crippen molar-refractivity contribution in [2.24, 2.45) is 0 Å². The number of halogens is 3. The molecule has 0 radical (unpaired) electrons. The molecule has 7 nitrogen and oxygen atoms in total. The van der Waals surface area contributed by atoms with E-state index in [1.54, 1.807) is 14.1 Å². The molecule has 2 heterocycles. The minimum absolute atomic E-state index is 0.144. The SMILES string of the molecule is CN(C)c1cc(=O)n2cccc(OS(=O)(=O)C(F)(F)F)c2n1. The molecule has 0 aliphatic carbocycles. The summed E-state index contributed by atoms with van der Waals surface area (Å²) in [4.78, 5) is 17.3. The number of aromatic nitrogens is 2. The number of hydrogen-bond acceptors (Lipinski definition) is 6. The molecular weight excluding hydrogens is 327 g/mol. The highest BCUT2D eigenvalue weighted by Crippen LogP contribution is 2.28. The fourth-order valence-corrected chi connectivity index (χ4v) is 2.01. The molecule has 120 valence electrons. The Labute approximate surface area is 122 Å². The predicted molar refractivity (Wildman–Crippen MR) is 71.4 cm³/mol. The van der Waals surface area contributed by atoms with Crippen molar-refractivity contribution in [3.63, 3.8) is 0 Å². The van der Waals surface area contributed by atoms with Gasteiger partial charge in [0.15, 0.2) is 11.4 Å². The van der Waals surface area contributed by atoms with E-state index in [1.165, 1.54) is 17.2 Å². The van der Waals surface area contributed by atoms with Gasteiger partial charge in [-0.25, -0.2) is 4.98 Å². The summed E-state index contributed by atoms with van der Waals surface area (Å²) >= 11 is 0. The van der Waals surface area contributed by atoms with Gasteiger partial charge in [-0.05, 0) is 12.1 Å². The van der Waals surface area contributed by atoms with Crippen LogP contribution in [0.25, 0.3) is 5.65 Å². The van der Waals surface area contributed by atoms with E-state index in [4.69, 9.17) is 0 Å². The summed E-state index contributed by atoms with van der Waals surface area (Å²) in [5, 5.41) is 0. The number of anilines is 1. The van der Waals surface area contributed by atoms with E-state index in [2.05, 4.69) is 9.17 Å². The van der Waals surface area contributed by atoms with Crippen LogP contribution >= 0.6 is 0 Å². The van der Waals surface area contributed by atoms with Crippen LogP contribution in [-0.4, -0.2) is 37.4 Å². The maximum Gasteiger partial charge on any atom is 0.534 e. The van der Waals surface area contributed by atoms with Gasteiger partial charge in [-0.1, -0.05) is 0 Å². The van der Waals surface area contributed by atoms with Crippen LogP contribution in [-0.2, 0) is 10.1 Å². The number of rotatable bonds is 3. The molecule has 0 N–H and O–H groups in total. The highest BCUT2D eigenvalue weighted by Gasteiger charge is 2.48. The molecule has 0 atom stereocenters. The van der Waals surface area contributed by atoms with Crippen molar-refractivity contribution < 1.29 is 25.8 Å². The van der Waals surface area contributed by atoms with Crippen LogP contribution in [0.2, 0.25) is 0 Å². The molecule has 11 heteroatoms. The Morgan fingerprint density at radius 3 is 2.50 bits per heavy atom. The zero-order valence-electron chi connectivity index (χ0n) is 11.3. The Morgan fingerprint density at radius 1 is 1.32 bits per heavy atom. The molecule has 0 saturated carbocycles. The first kappa shape index (κ1) is 16.1. The minimum atomic E-state index is -5.86. The number of nitrogens with zero attached hydrogens (tertiary/aromatic N) is 3. The van der Waals surface area contributed by atoms with Gasteiger partial charge in [-0.15, -0.1) is 0 Å². The summed E-state index contributed by atoms with van der Waals surface area (Å²) in [6.07, 6.45) is 1.23. The topological polar surface area (TPSA) is 81.0 Å².